The second-order valence-corrected chi connectivity index (χ2v) is 12.1. The molecule has 0 unspecified atom stereocenters. The van der Waals surface area contributed by atoms with Gasteiger partial charge in [0, 0.05) is 35.4 Å². The van der Waals surface area contributed by atoms with E-state index >= 15 is 0 Å². The molecule has 9 nitrogen and oxygen atoms in total. The lowest BCUT2D eigenvalue weighted by Crippen LogP contribution is -2.38. The van der Waals surface area contributed by atoms with Crippen LogP contribution in [0.25, 0.3) is 21.8 Å². The molecule has 1 aliphatic rings. The van der Waals surface area contributed by atoms with Gasteiger partial charge in [0.1, 0.15) is 29.2 Å². The number of aromatic nitrogens is 5. The van der Waals surface area contributed by atoms with Crippen molar-refractivity contribution in [2.45, 2.75) is 51.4 Å². The number of nitrogens with one attached hydrogen (secondary N) is 2. The van der Waals surface area contributed by atoms with Gasteiger partial charge >= 0.3 is 6.18 Å². The molecule has 13 heteroatoms. The van der Waals surface area contributed by atoms with E-state index in [0.29, 0.717) is 22.3 Å². The Balaban J connectivity index is 1.50. The van der Waals surface area contributed by atoms with E-state index in [0.717, 1.165) is 26.7 Å². The maximum absolute atomic E-state index is 14.8. The van der Waals surface area contributed by atoms with Crippen molar-refractivity contribution in [3.05, 3.63) is 83.2 Å². The van der Waals surface area contributed by atoms with Crippen LogP contribution in [-0.4, -0.2) is 37.7 Å². The van der Waals surface area contributed by atoms with E-state index in [1.807, 2.05) is 12.3 Å². The number of nitriles is 2. The second kappa shape index (κ2) is 10.7. The topological polar surface area (TPSA) is 128 Å². The van der Waals surface area contributed by atoms with Crippen LogP contribution in [-0.2, 0) is 5.54 Å². The first-order chi connectivity index (χ1) is 21.3. The summed E-state index contributed by atoms with van der Waals surface area (Å²) >= 11 is 0. The molecule has 6 rings (SSSR count). The largest absolute Gasteiger partial charge is 0.395 e. The normalized spacial score (nSPS) is 15.0. The predicted octanol–water partition coefficient (Wildman–Crippen LogP) is 6.97. The maximum atomic E-state index is 14.8. The number of pyridine rings is 2. The quantitative estimate of drug-likeness (QED) is 0.180. The molecule has 1 aliphatic carbocycles. The van der Waals surface area contributed by atoms with Crippen molar-refractivity contribution in [1.82, 2.24) is 25.0 Å². The van der Waals surface area contributed by atoms with Gasteiger partial charge in [-0.05, 0) is 63.4 Å². The van der Waals surface area contributed by atoms with Crippen LogP contribution in [0.1, 0.15) is 62.0 Å². The Bertz CT molecular complexity index is 2030. The highest BCUT2D eigenvalue weighted by Crippen LogP contribution is 2.43. The molecule has 0 amide bonds. The number of rotatable bonds is 8. The molecule has 2 aromatic carbocycles. The number of fused-ring (bicyclic) bond motifs is 2. The van der Waals surface area contributed by atoms with Crippen molar-refractivity contribution in [2.75, 3.05) is 17.2 Å². The number of alkyl halides is 3. The number of hydrogen-bond donors (Lipinski definition) is 2. The zero-order valence-electron chi connectivity index (χ0n) is 24.5. The number of hydrogen-bond acceptors (Lipinski definition) is 8. The summed E-state index contributed by atoms with van der Waals surface area (Å²) in [6, 6.07) is 13.0. The van der Waals surface area contributed by atoms with E-state index in [9.17, 15) is 28.1 Å². The monoisotopic (exact) mass is 613 g/mol. The van der Waals surface area contributed by atoms with Crippen molar-refractivity contribution in [1.29, 1.82) is 10.5 Å². The average Bonchev–Trinajstić information content (AvgIpc) is 3.56. The van der Waals surface area contributed by atoms with Gasteiger partial charge in [-0.2, -0.15) is 23.7 Å². The fourth-order valence-electron chi connectivity index (χ4n) is 5.13. The molecule has 2 N–H and O–H groups in total. The molecule has 228 valence electrons. The molecule has 0 saturated heterocycles. The van der Waals surface area contributed by atoms with Gasteiger partial charge in [-0.3, -0.25) is 9.97 Å². The first-order valence-corrected chi connectivity index (χ1v) is 14.2. The minimum atomic E-state index is -4.50. The predicted molar refractivity (Wildman–Crippen MR) is 160 cm³/mol. The van der Waals surface area contributed by atoms with Crippen LogP contribution in [0.4, 0.5) is 28.9 Å². The minimum absolute atomic E-state index is 0.0225. The third-order valence-electron chi connectivity index (χ3n) is 8.40. The standard InChI is InChI=1S/C32H27F4N9/c1-30(2,32(34,35)36)17-41-27-19(14-38)15-40-26-18(13-37)11-20(12-23(26)27)42-29(25-16-45(44-43-25)31(3)8-9-31)22-6-7-24(33)28-21(22)5-4-10-39-28/h4-7,10-12,15-16,29,42H,8-9,17H2,1-3H3,(H,40,41)/t29-/m0/s1. The Labute approximate surface area is 255 Å². The Kier molecular flexibility index (Phi) is 7.08. The summed E-state index contributed by atoms with van der Waals surface area (Å²) in [7, 11) is 0. The van der Waals surface area contributed by atoms with Crippen molar-refractivity contribution in [2.24, 2.45) is 5.41 Å². The van der Waals surface area contributed by atoms with Gasteiger partial charge in [-0.1, -0.05) is 17.3 Å². The zero-order chi connectivity index (χ0) is 32.1. The van der Waals surface area contributed by atoms with E-state index < -0.39 is 30.0 Å². The molecule has 3 heterocycles. The molecular weight excluding hydrogens is 586 g/mol. The molecule has 0 radical (unpaired) electrons. The highest BCUT2D eigenvalue weighted by atomic mass is 19.4. The molecule has 3 aromatic heterocycles. The summed E-state index contributed by atoms with van der Waals surface area (Å²) in [4.78, 5) is 8.51. The second-order valence-electron chi connectivity index (χ2n) is 12.1. The molecule has 0 aliphatic heterocycles. The van der Waals surface area contributed by atoms with E-state index in [1.54, 1.807) is 35.0 Å². The van der Waals surface area contributed by atoms with Crippen LogP contribution in [0.15, 0.2) is 55.0 Å². The molecular formula is C32H27F4N9. The number of nitrogens with zero attached hydrogens (tertiary/aromatic N) is 7. The summed E-state index contributed by atoms with van der Waals surface area (Å²) in [5, 5.41) is 35.7. The third-order valence-corrected chi connectivity index (χ3v) is 8.40. The van der Waals surface area contributed by atoms with Gasteiger partial charge < -0.3 is 10.6 Å². The first kappa shape index (κ1) is 29.8. The highest BCUT2D eigenvalue weighted by Gasteiger charge is 2.47. The molecule has 1 saturated carbocycles. The van der Waals surface area contributed by atoms with Crippen molar-refractivity contribution >= 4 is 33.2 Å². The van der Waals surface area contributed by atoms with E-state index in [4.69, 9.17) is 0 Å². The minimum Gasteiger partial charge on any atom is -0.382 e. The first-order valence-electron chi connectivity index (χ1n) is 14.2. The molecule has 0 spiro atoms. The maximum Gasteiger partial charge on any atom is 0.395 e. The molecule has 1 fully saturated rings. The Morgan fingerprint density at radius 1 is 1.02 bits per heavy atom. The van der Waals surface area contributed by atoms with Gasteiger partial charge in [0.05, 0.1) is 45.5 Å². The zero-order valence-corrected chi connectivity index (χ0v) is 24.5. The average molecular weight is 614 g/mol. The van der Waals surface area contributed by atoms with E-state index in [1.165, 1.54) is 18.5 Å². The fourth-order valence-corrected chi connectivity index (χ4v) is 5.13. The molecule has 45 heavy (non-hydrogen) atoms. The summed E-state index contributed by atoms with van der Waals surface area (Å²) in [6.45, 7) is 3.67. The van der Waals surface area contributed by atoms with Gasteiger partial charge in [0.2, 0.25) is 0 Å². The summed E-state index contributed by atoms with van der Waals surface area (Å²) in [5.41, 5.74) is -0.0398. The van der Waals surface area contributed by atoms with Gasteiger partial charge in [-0.25, -0.2) is 9.07 Å². The van der Waals surface area contributed by atoms with Gasteiger partial charge in [-0.15, -0.1) is 5.10 Å². The number of anilines is 2. The van der Waals surface area contributed by atoms with Gasteiger partial charge in [0.15, 0.2) is 0 Å². The van der Waals surface area contributed by atoms with Crippen molar-refractivity contribution in [3.63, 3.8) is 0 Å². The molecule has 5 aromatic rings. The van der Waals surface area contributed by atoms with E-state index in [-0.39, 0.29) is 38.8 Å². The number of benzene rings is 2. The van der Waals surface area contributed by atoms with Crippen LogP contribution in [0, 0.1) is 33.9 Å². The Morgan fingerprint density at radius 3 is 2.47 bits per heavy atom. The van der Waals surface area contributed by atoms with Crippen LogP contribution >= 0.6 is 0 Å². The van der Waals surface area contributed by atoms with Crippen LogP contribution < -0.4 is 10.6 Å². The van der Waals surface area contributed by atoms with Crippen molar-refractivity contribution < 1.29 is 17.6 Å². The molecule has 1 atom stereocenters. The Morgan fingerprint density at radius 2 is 1.78 bits per heavy atom. The van der Waals surface area contributed by atoms with Crippen LogP contribution in [0.2, 0.25) is 0 Å². The third kappa shape index (κ3) is 5.35. The summed E-state index contributed by atoms with van der Waals surface area (Å²) in [6.07, 6.45) is 1.94. The lowest BCUT2D eigenvalue weighted by atomic mass is 9.92. The smallest absolute Gasteiger partial charge is 0.382 e. The summed E-state index contributed by atoms with van der Waals surface area (Å²) < 4.78 is 57.6. The number of halogens is 4. The van der Waals surface area contributed by atoms with Gasteiger partial charge in [0.25, 0.3) is 0 Å². The highest BCUT2D eigenvalue weighted by molar-refractivity contribution is 5.99. The van der Waals surface area contributed by atoms with Crippen LogP contribution in [0.3, 0.4) is 0 Å². The van der Waals surface area contributed by atoms with Crippen LogP contribution in [0.5, 0.6) is 0 Å². The lowest BCUT2D eigenvalue weighted by Gasteiger charge is -2.28. The van der Waals surface area contributed by atoms with E-state index in [2.05, 4.69) is 43.9 Å². The summed E-state index contributed by atoms with van der Waals surface area (Å²) in [5.74, 6) is -0.493. The van der Waals surface area contributed by atoms with Crippen molar-refractivity contribution in [3.8, 4) is 12.1 Å². The lowest BCUT2D eigenvalue weighted by molar-refractivity contribution is -0.206. The Hall–Kier alpha value is -5.30. The molecule has 0 bridgehead atoms. The fraction of sp³-hybridized carbons (Fsp3) is 0.312. The SMILES string of the molecule is CC1(n2cc([C@@H](Nc3cc(C#N)c4ncc(C#N)c(NCC(C)(C)C(F)(F)F)c4c3)c3ccc(F)c4ncccc34)nn2)CC1.